The third-order valence-corrected chi connectivity index (χ3v) is 7.03. The van der Waals surface area contributed by atoms with Gasteiger partial charge in [0.2, 0.25) is 0 Å². The third-order valence-electron chi connectivity index (χ3n) is 6.74. The molecule has 2 heterocycles. The van der Waals surface area contributed by atoms with Gasteiger partial charge in [-0.3, -0.25) is 4.98 Å². The lowest BCUT2D eigenvalue weighted by atomic mass is 10.0. The molecule has 0 saturated heterocycles. The van der Waals surface area contributed by atoms with Crippen molar-refractivity contribution in [1.82, 2.24) is 20.0 Å². The molecular weight excluding hydrogens is 465 g/mol. The second-order valence-electron chi connectivity index (χ2n) is 9.46. The minimum atomic E-state index is -0.372. The number of anilines is 2. The van der Waals surface area contributed by atoms with Crippen LogP contribution in [0.2, 0.25) is 5.02 Å². The van der Waals surface area contributed by atoms with E-state index in [9.17, 15) is 9.65 Å². The van der Waals surface area contributed by atoms with Gasteiger partial charge < -0.3 is 10.6 Å². The number of nitrogens with zero attached hydrogens (tertiary/aromatic N) is 5. The molecule has 176 valence electrons. The van der Waals surface area contributed by atoms with Crippen LogP contribution in [0.5, 0.6) is 0 Å². The third kappa shape index (κ3) is 4.28. The van der Waals surface area contributed by atoms with Gasteiger partial charge in [-0.1, -0.05) is 35.9 Å². The number of hydrogen-bond donors (Lipinski definition) is 2. The highest BCUT2D eigenvalue weighted by molar-refractivity contribution is 6.35. The maximum Gasteiger partial charge on any atom is 0.123 e. The highest BCUT2D eigenvalue weighted by Crippen LogP contribution is 2.40. The first-order valence-corrected chi connectivity index (χ1v) is 12.1. The summed E-state index contributed by atoms with van der Waals surface area (Å²) in [5, 5.41) is 26.7. The molecule has 7 nitrogen and oxygen atoms in total. The molecule has 0 spiro atoms. The van der Waals surface area contributed by atoms with Gasteiger partial charge in [0.25, 0.3) is 0 Å². The largest absolute Gasteiger partial charge is 0.380 e. The molecule has 0 amide bonds. The van der Waals surface area contributed by atoms with E-state index in [-0.39, 0.29) is 11.9 Å². The number of hydrogen-bond acceptors (Lipinski definition) is 6. The fraction of sp³-hybridized carbons (Fsp3) is 0.308. The van der Waals surface area contributed by atoms with Crippen LogP contribution in [0.25, 0.3) is 10.9 Å². The van der Waals surface area contributed by atoms with Crippen molar-refractivity contribution in [2.45, 2.75) is 44.3 Å². The van der Waals surface area contributed by atoms with Crippen molar-refractivity contribution in [1.29, 1.82) is 5.26 Å². The van der Waals surface area contributed by atoms with Crippen LogP contribution in [-0.2, 0) is 0 Å². The van der Waals surface area contributed by atoms with E-state index in [2.05, 4.69) is 38.9 Å². The fourth-order valence-corrected chi connectivity index (χ4v) is 4.65. The summed E-state index contributed by atoms with van der Waals surface area (Å²) >= 11 is 6.67. The molecule has 0 bridgehead atoms. The van der Waals surface area contributed by atoms with Gasteiger partial charge in [-0.05, 0) is 55.0 Å². The summed E-state index contributed by atoms with van der Waals surface area (Å²) < 4.78 is 15.6. The number of pyridine rings is 1. The number of rotatable bonds is 7. The van der Waals surface area contributed by atoms with Crippen molar-refractivity contribution < 1.29 is 4.39 Å². The van der Waals surface area contributed by atoms with Crippen molar-refractivity contribution in [2.75, 3.05) is 10.6 Å². The molecule has 4 aromatic rings. The van der Waals surface area contributed by atoms with Gasteiger partial charge in [0.05, 0.1) is 40.1 Å². The second kappa shape index (κ2) is 8.51. The predicted octanol–water partition coefficient (Wildman–Crippen LogP) is 5.85. The minimum Gasteiger partial charge on any atom is -0.380 e. The van der Waals surface area contributed by atoms with Gasteiger partial charge in [-0.15, -0.1) is 5.10 Å². The van der Waals surface area contributed by atoms with E-state index in [0.717, 1.165) is 47.3 Å². The molecule has 3 atom stereocenters. The van der Waals surface area contributed by atoms with E-state index in [1.807, 2.05) is 23.0 Å². The van der Waals surface area contributed by atoms with E-state index >= 15 is 0 Å². The van der Waals surface area contributed by atoms with Gasteiger partial charge in [0.15, 0.2) is 0 Å². The van der Waals surface area contributed by atoms with Crippen LogP contribution in [0.1, 0.15) is 55.1 Å². The van der Waals surface area contributed by atoms with Crippen molar-refractivity contribution in [3.8, 4) is 6.07 Å². The Kier molecular flexibility index (Phi) is 5.30. The summed E-state index contributed by atoms with van der Waals surface area (Å²) in [6.45, 7) is 2.18. The molecular formula is C26H23ClFN7. The summed E-state index contributed by atoms with van der Waals surface area (Å²) in [4.78, 5) is 4.45. The van der Waals surface area contributed by atoms with Crippen LogP contribution in [0.3, 0.4) is 0 Å². The monoisotopic (exact) mass is 487 g/mol. The van der Waals surface area contributed by atoms with E-state index in [4.69, 9.17) is 11.6 Å². The number of fused-ring (bicyclic) bond motifs is 1. The van der Waals surface area contributed by atoms with Crippen molar-refractivity contribution in [3.63, 3.8) is 0 Å². The zero-order valence-electron chi connectivity index (χ0n) is 19.0. The number of nitrogens with one attached hydrogen (secondary N) is 2. The zero-order chi connectivity index (χ0) is 24.1. The first-order chi connectivity index (χ1) is 17.0. The molecule has 2 N–H and O–H groups in total. The molecule has 35 heavy (non-hydrogen) atoms. The summed E-state index contributed by atoms with van der Waals surface area (Å²) in [5.41, 5.74) is 4.17. The fourth-order valence-electron chi connectivity index (χ4n) is 4.38. The Morgan fingerprint density at radius 1 is 1.23 bits per heavy atom. The maximum atomic E-state index is 13.7. The van der Waals surface area contributed by atoms with Crippen LogP contribution in [0.4, 0.5) is 15.8 Å². The molecule has 2 aromatic carbocycles. The normalized spacial score (nSPS) is 19.8. The molecule has 2 aliphatic carbocycles. The lowest BCUT2D eigenvalue weighted by molar-refractivity contribution is 0.610. The smallest absolute Gasteiger partial charge is 0.123 e. The number of aromatic nitrogens is 4. The van der Waals surface area contributed by atoms with Crippen LogP contribution < -0.4 is 10.6 Å². The molecule has 2 aromatic heterocycles. The second-order valence-corrected chi connectivity index (χ2v) is 9.87. The average Bonchev–Trinajstić information content (AvgIpc) is 3.77. The predicted molar refractivity (Wildman–Crippen MR) is 133 cm³/mol. The average molecular weight is 488 g/mol. The molecule has 2 aliphatic rings. The summed E-state index contributed by atoms with van der Waals surface area (Å²) in [7, 11) is 0. The van der Waals surface area contributed by atoms with Gasteiger partial charge in [-0.25, -0.2) is 9.07 Å². The first kappa shape index (κ1) is 21.8. The van der Waals surface area contributed by atoms with Gasteiger partial charge in [-0.2, -0.15) is 5.26 Å². The lowest BCUT2D eigenvalue weighted by Crippen LogP contribution is -2.13. The Labute approximate surface area is 206 Å². The Morgan fingerprint density at radius 3 is 2.69 bits per heavy atom. The van der Waals surface area contributed by atoms with Gasteiger partial charge >= 0.3 is 0 Å². The van der Waals surface area contributed by atoms with Crippen molar-refractivity contribution >= 4 is 33.9 Å². The van der Waals surface area contributed by atoms with Crippen LogP contribution in [0, 0.1) is 23.1 Å². The van der Waals surface area contributed by atoms with E-state index in [0.29, 0.717) is 34.1 Å². The van der Waals surface area contributed by atoms with Gasteiger partial charge in [0.1, 0.15) is 17.6 Å². The number of halogens is 2. The molecule has 0 radical (unpaired) electrons. The quantitative estimate of drug-likeness (QED) is 0.340. The highest BCUT2D eigenvalue weighted by atomic mass is 35.5. The molecule has 9 heteroatoms. The maximum absolute atomic E-state index is 13.7. The van der Waals surface area contributed by atoms with Crippen molar-refractivity contribution in [2.24, 2.45) is 5.92 Å². The van der Waals surface area contributed by atoms with E-state index in [1.54, 1.807) is 18.3 Å². The molecule has 2 unspecified atom stereocenters. The Bertz CT molecular complexity index is 1460. The van der Waals surface area contributed by atoms with Gasteiger partial charge in [0, 0.05) is 23.3 Å². The molecule has 2 fully saturated rings. The van der Waals surface area contributed by atoms with Crippen LogP contribution in [-0.4, -0.2) is 26.0 Å². The Morgan fingerprint density at radius 2 is 2.00 bits per heavy atom. The Balaban J connectivity index is 1.42. The van der Waals surface area contributed by atoms with E-state index < -0.39 is 0 Å². The topological polar surface area (TPSA) is 91.5 Å². The molecule has 0 aliphatic heterocycles. The Hall–Kier alpha value is -3.70. The summed E-state index contributed by atoms with van der Waals surface area (Å²) in [5.74, 6) is 0.251. The number of nitriles is 1. The highest BCUT2D eigenvalue weighted by Gasteiger charge is 2.33. The standard InChI is InChI=1S/C26H23ClFN7/c1-14-8-22(14)32-24-16(11-29)12-30-26-20(24)9-18(10-21(26)27)31-25(15-2-4-17(28)5-3-15)23-13-35(34-33-23)19-6-7-19/h2-5,9-10,12-14,19,22,25,31H,6-8H2,1H3,(H,30,32)/t14?,22-,25?/m1/s1. The minimum absolute atomic E-state index is 0.303. The SMILES string of the molecule is CC1C[C@H]1Nc1c(C#N)cnc2c(Cl)cc(NC(c3ccc(F)cc3)c3cn(C4CC4)nn3)cc12. The molecule has 6 rings (SSSR count). The van der Waals surface area contributed by atoms with Crippen molar-refractivity contribution in [3.05, 3.63) is 76.5 Å². The van der Waals surface area contributed by atoms with Crippen LogP contribution in [0.15, 0.2) is 48.8 Å². The zero-order valence-corrected chi connectivity index (χ0v) is 19.8. The first-order valence-electron chi connectivity index (χ1n) is 11.7. The molecule has 2 saturated carbocycles. The number of benzene rings is 2. The van der Waals surface area contributed by atoms with E-state index in [1.165, 1.54) is 12.1 Å². The lowest BCUT2D eigenvalue weighted by Gasteiger charge is -2.20. The van der Waals surface area contributed by atoms with Crippen LogP contribution >= 0.6 is 11.6 Å². The summed E-state index contributed by atoms with van der Waals surface area (Å²) in [6.07, 6.45) is 6.76. The summed E-state index contributed by atoms with van der Waals surface area (Å²) in [6, 6.07) is 12.7.